The van der Waals surface area contributed by atoms with Gasteiger partial charge in [0.25, 0.3) is 5.56 Å². The summed E-state index contributed by atoms with van der Waals surface area (Å²) in [5.41, 5.74) is 4.78. The number of nitrogen functional groups attached to an aromatic ring is 1. The number of carbonyl (C=O) groups excluding carboxylic acids is 1. The number of rotatable bonds is 2. The highest BCUT2D eigenvalue weighted by Gasteiger charge is 2.04. The topological polar surface area (TPSA) is 102 Å². The highest BCUT2D eigenvalue weighted by Crippen LogP contribution is 1.87. The maximum absolute atomic E-state index is 11.0. The number of Topliss-reactive ketones (excluding diaryl/α,β-unsaturated/α-hetero) is 1. The minimum absolute atomic E-state index is 0.0113. The van der Waals surface area contributed by atoms with E-state index in [9.17, 15) is 9.59 Å². The van der Waals surface area contributed by atoms with Crippen LogP contribution in [0.25, 0.3) is 0 Å². The number of ketones is 1. The molecule has 12 heavy (non-hydrogen) atoms. The van der Waals surface area contributed by atoms with Crippen LogP contribution in [0.2, 0.25) is 0 Å². The number of nitrogens with one attached hydrogen (secondary N) is 1. The number of carbonyl (C=O) groups is 1. The van der Waals surface area contributed by atoms with Gasteiger partial charge < -0.3 is 5.73 Å². The molecule has 0 saturated heterocycles. The van der Waals surface area contributed by atoms with E-state index in [1.807, 2.05) is 0 Å². The van der Waals surface area contributed by atoms with Gasteiger partial charge in [-0.05, 0) is 6.92 Å². The molecule has 0 aromatic carbocycles. The van der Waals surface area contributed by atoms with E-state index in [0.717, 1.165) is 0 Å². The largest absolute Gasteiger partial charge is 0.368 e. The molecular formula is C6H8N4O2. The first-order chi connectivity index (χ1) is 5.59. The number of H-pyrrole nitrogens is 1. The Hall–Kier alpha value is -1.72. The maximum atomic E-state index is 11.0. The van der Waals surface area contributed by atoms with E-state index in [4.69, 9.17) is 5.73 Å². The molecule has 0 atom stereocenters. The first kappa shape index (κ1) is 8.38. The van der Waals surface area contributed by atoms with Crippen LogP contribution >= 0.6 is 0 Å². The molecule has 0 spiro atoms. The zero-order valence-electron chi connectivity index (χ0n) is 6.50. The summed E-state index contributed by atoms with van der Waals surface area (Å²) in [6, 6.07) is 0. The van der Waals surface area contributed by atoms with Crippen LogP contribution in [0.3, 0.4) is 0 Å². The van der Waals surface area contributed by atoms with Crippen molar-refractivity contribution in [1.82, 2.24) is 15.2 Å². The number of hydrogen-bond donors (Lipinski definition) is 2. The molecule has 64 valence electrons. The van der Waals surface area contributed by atoms with E-state index in [1.54, 1.807) is 0 Å². The summed E-state index contributed by atoms with van der Waals surface area (Å²) in [5.74, 6) is -0.188. The van der Waals surface area contributed by atoms with E-state index in [0.29, 0.717) is 0 Å². The van der Waals surface area contributed by atoms with Gasteiger partial charge in [-0.3, -0.25) is 14.6 Å². The molecule has 0 amide bonds. The molecule has 6 heteroatoms. The van der Waals surface area contributed by atoms with Crippen molar-refractivity contribution in [2.24, 2.45) is 0 Å². The molecule has 0 fully saturated rings. The molecule has 0 aliphatic carbocycles. The van der Waals surface area contributed by atoms with Crippen molar-refractivity contribution in [3.63, 3.8) is 0 Å². The van der Waals surface area contributed by atoms with Crippen LogP contribution in [0.1, 0.15) is 12.6 Å². The van der Waals surface area contributed by atoms with Gasteiger partial charge in [-0.1, -0.05) is 0 Å². The molecule has 1 rings (SSSR count). The average molecular weight is 168 g/mol. The highest BCUT2D eigenvalue weighted by atomic mass is 16.1. The summed E-state index contributed by atoms with van der Waals surface area (Å²) >= 11 is 0. The van der Waals surface area contributed by atoms with Crippen molar-refractivity contribution in [1.29, 1.82) is 0 Å². The van der Waals surface area contributed by atoms with Gasteiger partial charge in [0.15, 0.2) is 0 Å². The molecule has 0 unspecified atom stereocenters. The van der Waals surface area contributed by atoms with Crippen molar-refractivity contribution in [2.45, 2.75) is 13.3 Å². The molecule has 6 nitrogen and oxygen atoms in total. The van der Waals surface area contributed by atoms with Gasteiger partial charge in [0.05, 0.1) is 6.42 Å². The van der Waals surface area contributed by atoms with Gasteiger partial charge in [0.1, 0.15) is 11.5 Å². The molecule has 3 N–H and O–H groups in total. The maximum Gasteiger partial charge on any atom is 0.274 e. The van der Waals surface area contributed by atoms with Crippen molar-refractivity contribution in [3.8, 4) is 0 Å². The Morgan fingerprint density at radius 2 is 2.25 bits per heavy atom. The van der Waals surface area contributed by atoms with Gasteiger partial charge in [-0.25, -0.2) is 0 Å². The molecule has 0 aliphatic heterocycles. The van der Waals surface area contributed by atoms with E-state index < -0.39 is 5.56 Å². The van der Waals surface area contributed by atoms with Crippen molar-refractivity contribution < 1.29 is 4.79 Å². The fourth-order valence-electron chi connectivity index (χ4n) is 0.725. The van der Waals surface area contributed by atoms with Crippen LogP contribution in [-0.2, 0) is 11.2 Å². The Kier molecular flexibility index (Phi) is 2.18. The van der Waals surface area contributed by atoms with E-state index in [1.165, 1.54) is 6.92 Å². The first-order valence-corrected chi connectivity index (χ1v) is 3.30. The third kappa shape index (κ3) is 1.88. The lowest BCUT2D eigenvalue weighted by Crippen LogP contribution is -2.20. The number of nitrogens with zero attached hydrogens (tertiary/aromatic N) is 2. The smallest absolute Gasteiger partial charge is 0.274 e. The molecule has 1 aromatic rings. The zero-order valence-corrected chi connectivity index (χ0v) is 6.50. The fraction of sp³-hybridized carbons (Fsp3) is 0.333. The summed E-state index contributed by atoms with van der Waals surface area (Å²) in [7, 11) is 0. The standard InChI is InChI=1S/C6H8N4O2/c1-3(11)2-4-5(12)8-6(7)10-9-4/h2H2,1H3,(H3,7,8,10,12). The molecular weight excluding hydrogens is 160 g/mol. The third-order valence-electron chi connectivity index (χ3n) is 1.20. The molecule has 0 saturated carbocycles. The molecule has 0 bridgehead atoms. The normalized spacial score (nSPS) is 9.75. The second-order valence-corrected chi connectivity index (χ2v) is 2.36. The molecule has 1 aromatic heterocycles. The molecule has 0 aliphatic rings. The summed E-state index contributed by atoms with van der Waals surface area (Å²) in [4.78, 5) is 23.8. The Balaban J connectivity index is 3.02. The second-order valence-electron chi connectivity index (χ2n) is 2.36. The predicted molar refractivity (Wildman–Crippen MR) is 41.5 cm³/mol. The highest BCUT2D eigenvalue weighted by molar-refractivity contribution is 5.77. The SMILES string of the molecule is CC(=O)Cc1nnc(N)[nH]c1=O. The summed E-state index contributed by atoms with van der Waals surface area (Å²) < 4.78 is 0. The van der Waals surface area contributed by atoms with Crippen LogP contribution in [0.5, 0.6) is 0 Å². The van der Waals surface area contributed by atoms with Crippen LogP contribution < -0.4 is 11.3 Å². The predicted octanol–water partition coefficient (Wildman–Crippen LogP) is -1.12. The minimum atomic E-state index is -0.460. The summed E-state index contributed by atoms with van der Waals surface area (Å²) in [6.07, 6.45) is -0.0113. The quantitative estimate of drug-likeness (QED) is 0.582. The van der Waals surface area contributed by atoms with Crippen LogP contribution in [-0.4, -0.2) is 21.0 Å². The van der Waals surface area contributed by atoms with Crippen molar-refractivity contribution in [3.05, 3.63) is 16.0 Å². The number of hydrogen-bond acceptors (Lipinski definition) is 5. The Labute approximate surface area is 67.8 Å². The van der Waals surface area contributed by atoms with Gasteiger partial charge in [0, 0.05) is 0 Å². The van der Waals surface area contributed by atoms with Crippen molar-refractivity contribution >= 4 is 11.7 Å². The lowest BCUT2D eigenvalue weighted by molar-refractivity contribution is -0.116. The fourth-order valence-corrected chi connectivity index (χ4v) is 0.725. The minimum Gasteiger partial charge on any atom is -0.368 e. The summed E-state index contributed by atoms with van der Waals surface area (Å²) in [5, 5.41) is 6.89. The van der Waals surface area contributed by atoms with E-state index in [2.05, 4.69) is 15.2 Å². The molecule has 1 heterocycles. The lowest BCUT2D eigenvalue weighted by atomic mass is 10.2. The lowest BCUT2D eigenvalue weighted by Gasteiger charge is -1.94. The monoisotopic (exact) mass is 168 g/mol. The number of aromatic amines is 1. The third-order valence-corrected chi connectivity index (χ3v) is 1.20. The van der Waals surface area contributed by atoms with Gasteiger partial charge in [-0.15, -0.1) is 10.2 Å². The average Bonchev–Trinajstić information content (AvgIpc) is 1.94. The number of aromatic nitrogens is 3. The Bertz CT molecular complexity index is 357. The second kappa shape index (κ2) is 3.12. The van der Waals surface area contributed by atoms with Crippen molar-refractivity contribution in [2.75, 3.05) is 5.73 Å². The van der Waals surface area contributed by atoms with Gasteiger partial charge in [0.2, 0.25) is 5.95 Å². The van der Waals surface area contributed by atoms with Crippen LogP contribution in [0.4, 0.5) is 5.95 Å². The Morgan fingerprint density at radius 3 is 2.75 bits per heavy atom. The zero-order chi connectivity index (χ0) is 9.14. The van der Waals surface area contributed by atoms with Crippen LogP contribution in [0.15, 0.2) is 4.79 Å². The van der Waals surface area contributed by atoms with Gasteiger partial charge in [-0.2, -0.15) is 0 Å². The van der Waals surface area contributed by atoms with Crippen LogP contribution in [0, 0.1) is 0 Å². The number of nitrogens with two attached hydrogens (primary N) is 1. The van der Waals surface area contributed by atoms with E-state index in [-0.39, 0.29) is 23.8 Å². The van der Waals surface area contributed by atoms with Gasteiger partial charge >= 0.3 is 0 Å². The summed E-state index contributed by atoms with van der Waals surface area (Å²) in [6.45, 7) is 1.37. The number of anilines is 1. The first-order valence-electron chi connectivity index (χ1n) is 3.30. The van der Waals surface area contributed by atoms with E-state index >= 15 is 0 Å². The molecule has 0 radical (unpaired) electrons. The Morgan fingerprint density at radius 1 is 1.58 bits per heavy atom.